The summed E-state index contributed by atoms with van der Waals surface area (Å²) in [6.07, 6.45) is 3.60. The molecule has 78 valence electrons. The van der Waals surface area contributed by atoms with Crippen LogP contribution in [0.15, 0.2) is 0 Å². The van der Waals surface area contributed by atoms with Gasteiger partial charge in [-0.2, -0.15) is 15.0 Å². The summed E-state index contributed by atoms with van der Waals surface area (Å²) in [6.45, 7) is 3.98. The molecule has 1 aromatic heterocycles. The third-order valence-electron chi connectivity index (χ3n) is 2.84. The van der Waals surface area contributed by atoms with Gasteiger partial charge in [-0.1, -0.05) is 0 Å². The molecule has 1 N–H and O–H groups in total. The van der Waals surface area contributed by atoms with Crippen molar-refractivity contribution in [1.82, 2.24) is 20.3 Å². The van der Waals surface area contributed by atoms with Crippen LogP contribution in [0.4, 0.5) is 0 Å². The van der Waals surface area contributed by atoms with Gasteiger partial charge >= 0.3 is 0 Å². The lowest BCUT2D eigenvalue weighted by atomic mass is 9.90. The Morgan fingerprint density at radius 1 is 1.50 bits per heavy atom. The molecule has 0 aromatic carbocycles. The second-order valence-electron chi connectivity index (χ2n) is 3.87. The summed E-state index contributed by atoms with van der Waals surface area (Å²) in [5, 5.41) is 12.2. The predicted molar refractivity (Wildman–Crippen MR) is 55.3 cm³/mol. The lowest BCUT2D eigenvalue weighted by Crippen LogP contribution is -2.21. The van der Waals surface area contributed by atoms with Crippen LogP contribution < -0.4 is 5.32 Å². The third-order valence-corrected chi connectivity index (χ3v) is 2.84. The molecule has 0 bridgehead atoms. The van der Waals surface area contributed by atoms with E-state index < -0.39 is 0 Å². The third kappa shape index (κ3) is 1.66. The van der Waals surface area contributed by atoms with Gasteiger partial charge in [0.25, 0.3) is 0 Å². The molecule has 0 saturated carbocycles. The minimum atomic E-state index is 0.573. The molecule has 14 heavy (non-hydrogen) atoms. The monoisotopic (exact) mass is 194 g/mol. The van der Waals surface area contributed by atoms with E-state index in [1.165, 1.54) is 24.2 Å². The molecule has 1 atom stereocenters. The van der Waals surface area contributed by atoms with E-state index in [0.29, 0.717) is 5.92 Å². The number of rotatable bonds is 3. The van der Waals surface area contributed by atoms with Crippen LogP contribution in [0.25, 0.3) is 0 Å². The minimum absolute atomic E-state index is 0.573. The Bertz CT molecular complexity index is 305. The molecular weight excluding hydrogens is 176 g/mol. The van der Waals surface area contributed by atoms with Crippen LogP contribution in [0.2, 0.25) is 0 Å². The van der Waals surface area contributed by atoms with E-state index in [9.17, 15) is 0 Å². The van der Waals surface area contributed by atoms with Crippen LogP contribution in [-0.4, -0.2) is 28.6 Å². The van der Waals surface area contributed by atoms with Crippen LogP contribution in [0.1, 0.15) is 37.1 Å². The fraction of sp³-hybridized carbons (Fsp3) is 0.800. The first kappa shape index (κ1) is 9.65. The number of fused-ring (bicyclic) bond motifs is 1. The molecule has 1 aromatic rings. The van der Waals surface area contributed by atoms with Gasteiger partial charge in [-0.3, -0.25) is 0 Å². The standard InChI is InChI=1S/C10H18N4/c1-3-14-12-9-6-4-5-8(7-11-2)10(9)13-14/h8,11H,3-7H2,1-2H3. The lowest BCUT2D eigenvalue weighted by molar-refractivity contribution is 0.511. The van der Waals surface area contributed by atoms with Crippen LogP contribution in [-0.2, 0) is 13.0 Å². The van der Waals surface area contributed by atoms with Crippen molar-refractivity contribution < 1.29 is 0 Å². The molecule has 1 aliphatic carbocycles. The van der Waals surface area contributed by atoms with Gasteiger partial charge in [-0.05, 0) is 33.2 Å². The second kappa shape index (κ2) is 4.09. The van der Waals surface area contributed by atoms with Gasteiger partial charge in [0.1, 0.15) is 0 Å². The molecule has 1 unspecified atom stereocenters. The van der Waals surface area contributed by atoms with Gasteiger partial charge in [-0.15, -0.1) is 0 Å². The Morgan fingerprint density at radius 3 is 3.07 bits per heavy atom. The van der Waals surface area contributed by atoms with E-state index >= 15 is 0 Å². The van der Waals surface area contributed by atoms with Crippen molar-refractivity contribution in [3.63, 3.8) is 0 Å². The second-order valence-corrected chi connectivity index (χ2v) is 3.87. The Labute approximate surface area is 84.7 Å². The van der Waals surface area contributed by atoms with E-state index in [2.05, 4.69) is 22.4 Å². The van der Waals surface area contributed by atoms with Crippen molar-refractivity contribution in [2.75, 3.05) is 13.6 Å². The van der Waals surface area contributed by atoms with E-state index in [-0.39, 0.29) is 0 Å². The molecule has 0 amide bonds. The van der Waals surface area contributed by atoms with Crippen molar-refractivity contribution >= 4 is 0 Å². The fourth-order valence-electron chi connectivity index (χ4n) is 2.13. The zero-order valence-electron chi connectivity index (χ0n) is 8.95. The molecule has 1 aliphatic rings. The van der Waals surface area contributed by atoms with Gasteiger partial charge in [0.15, 0.2) is 0 Å². The number of likely N-dealkylation sites (N-methyl/N-ethyl adjacent to an activating group) is 1. The first-order valence-corrected chi connectivity index (χ1v) is 5.43. The lowest BCUT2D eigenvalue weighted by Gasteiger charge is -2.19. The predicted octanol–water partition coefficient (Wildman–Crippen LogP) is 0.937. The Balaban J connectivity index is 2.24. The van der Waals surface area contributed by atoms with Gasteiger partial charge in [0, 0.05) is 12.5 Å². The zero-order chi connectivity index (χ0) is 9.97. The number of hydrogen-bond acceptors (Lipinski definition) is 3. The largest absolute Gasteiger partial charge is 0.319 e. The molecule has 2 rings (SSSR count). The first-order valence-electron chi connectivity index (χ1n) is 5.43. The fourth-order valence-corrected chi connectivity index (χ4v) is 2.13. The van der Waals surface area contributed by atoms with Crippen molar-refractivity contribution in [2.45, 2.75) is 38.6 Å². The summed E-state index contributed by atoms with van der Waals surface area (Å²) in [6, 6.07) is 0. The first-order chi connectivity index (χ1) is 6.85. The normalized spacial score (nSPS) is 20.9. The van der Waals surface area contributed by atoms with Crippen molar-refractivity contribution in [3.8, 4) is 0 Å². The highest BCUT2D eigenvalue weighted by molar-refractivity contribution is 5.18. The van der Waals surface area contributed by atoms with Gasteiger partial charge in [0.2, 0.25) is 0 Å². The molecule has 0 radical (unpaired) electrons. The van der Waals surface area contributed by atoms with Crippen molar-refractivity contribution in [2.24, 2.45) is 0 Å². The highest BCUT2D eigenvalue weighted by Gasteiger charge is 2.24. The SMILES string of the molecule is CCn1nc2c(n1)C(CNC)CCC2. The summed E-state index contributed by atoms with van der Waals surface area (Å²) in [4.78, 5) is 1.82. The highest BCUT2D eigenvalue weighted by Crippen LogP contribution is 2.28. The number of aromatic nitrogens is 3. The average Bonchev–Trinajstić information content (AvgIpc) is 2.62. The molecule has 1 heterocycles. The Hall–Kier alpha value is -0.900. The molecule has 4 nitrogen and oxygen atoms in total. The molecule has 4 heteroatoms. The maximum absolute atomic E-state index is 4.53. The summed E-state index contributed by atoms with van der Waals surface area (Å²) < 4.78 is 0. The van der Waals surface area contributed by atoms with E-state index in [1.54, 1.807) is 0 Å². The number of hydrogen-bond donors (Lipinski definition) is 1. The molecule has 0 fully saturated rings. The molecule has 0 aliphatic heterocycles. The van der Waals surface area contributed by atoms with Crippen LogP contribution in [0, 0.1) is 0 Å². The molecular formula is C10H18N4. The maximum atomic E-state index is 4.53. The number of aryl methyl sites for hydroxylation is 2. The maximum Gasteiger partial charge on any atom is 0.0902 e. The van der Waals surface area contributed by atoms with Crippen molar-refractivity contribution in [1.29, 1.82) is 0 Å². The quantitative estimate of drug-likeness (QED) is 0.778. The smallest absolute Gasteiger partial charge is 0.0902 e. The molecule has 0 spiro atoms. The van der Waals surface area contributed by atoms with Crippen molar-refractivity contribution in [3.05, 3.63) is 11.4 Å². The number of nitrogens with zero attached hydrogens (tertiary/aromatic N) is 3. The highest BCUT2D eigenvalue weighted by atomic mass is 15.5. The topological polar surface area (TPSA) is 42.7 Å². The summed E-state index contributed by atoms with van der Waals surface area (Å²) in [7, 11) is 2.00. The number of nitrogens with one attached hydrogen (secondary N) is 1. The van der Waals surface area contributed by atoms with Gasteiger partial charge in [-0.25, -0.2) is 0 Å². The van der Waals surface area contributed by atoms with Crippen LogP contribution in [0.5, 0.6) is 0 Å². The summed E-state index contributed by atoms with van der Waals surface area (Å²) in [5.41, 5.74) is 2.45. The van der Waals surface area contributed by atoms with Gasteiger partial charge < -0.3 is 5.32 Å². The zero-order valence-corrected chi connectivity index (χ0v) is 8.95. The van der Waals surface area contributed by atoms with Crippen LogP contribution >= 0.6 is 0 Å². The molecule has 0 saturated heterocycles. The Morgan fingerprint density at radius 2 is 2.36 bits per heavy atom. The Kier molecular flexibility index (Phi) is 2.82. The summed E-state index contributed by atoms with van der Waals surface area (Å²) in [5.74, 6) is 0.573. The van der Waals surface area contributed by atoms with Gasteiger partial charge in [0.05, 0.1) is 17.9 Å². The minimum Gasteiger partial charge on any atom is -0.319 e. The summed E-state index contributed by atoms with van der Waals surface area (Å²) >= 11 is 0. The van der Waals surface area contributed by atoms with Crippen LogP contribution in [0.3, 0.4) is 0 Å². The van der Waals surface area contributed by atoms with E-state index in [4.69, 9.17) is 0 Å². The average molecular weight is 194 g/mol. The van der Waals surface area contributed by atoms with E-state index in [1.807, 2.05) is 11.8 Å². The van der Waals surface area contributed by atoms with E-state index in [0.717, 1.165) is 19.5 Å².